The Labute approximate surface area is 128 Å². The Morgan fingerprint density at radius 1 is 1.40 bits per heavy atom. The Hall–Kier alpha value is -0.810. The Morgan fingerprint density at radius 2 is 2.15 bits per heavy atom. The molecule has 1 heterocycles. The fourth-order valence-electron chi connectivity index (χ4n) is 2.47. The van der Waals surface area contributed by atoms with Gasteiger partial charge in [-0.05, 0) is 24.2 Å². The molecule has 110 valence electrons. The van der Waals surface area contributed by atoms with Crippen LogP contribution in [0.15, 0.2) is 18.2 Å². The van der Waals surface area contributed by atoms with Gasteiger partial charge in [0.1, 0.15) is 0 Å². The average Bonchev–Trinajstić information content (AvgIpc) is 2.89. The van der Waals surface area contributed by atoms with Crippen LogP contribution in [0.2, 0.25) is 10.0 Å². The Morgan fingerprint density at radius 3 is 2.75 bits per heavy atom. The van der Waals surface area contributed by atoms with E-state index in [2.05, 4.69) is 4.90 Å². The minimum atomic E-state index is -0.805. The molecule has 0 amide bonds. The quantitative estimate of drug-likeness (QED) is 0.907. The predicted octanol–water partition coefficient (Wildman–Crippen LogP) is 2.91. The lowest BCUT2D eigenvalue weighted by molar-refractivity contribution is -0.143. The van der Waals surface area contributed by atoms with Crippen molar-refractivity contribution in [2.24, 2.45) is 5.92 Å². The van der Waals surface area contributed by atoms with E-state index in [9.17, 15) is 9.90 Å². The molecule has 1 aromatic carbocycles. The Bertz CT molecular complexity index is 495. The summed E-state index contributed by atoms with van der Waals surface area (Å²) in [5.74, 6) is -1.28. The first-order valence-corrected chi connectivity index (χ1v) is 7.27. The van der Waals surface area contributed by atoms with Crippen LogP contribution >= 0.6 is 23.2 Å². The van der Waals surface area contributed by atoms with Crippen molar-refractivity contribution >= 4 is 29.2 Å². The number of halogens is 2. The fourth-order valence-corrected chi connectivity index (χ4v) is 2.80. The maximum absolute atomic E-state index is 11.2. The van der Waals surface area contributed by atoms with Crippen molar-refractivity contribution in [3.8, 4) is 0 Å². The summed E-state index contributed by atoms with van der Waals surface area (Å²) in [6.07, 6.45) is 0. The molecule has 1 saturated heterocycles. The number of carboxylic acids is 1. The molecule has 2 unspecified atom stereocenters. The zero-order valence-electron chi connectivity index (χ0n) is 11.2. The highest BCUT2D eigenvalue weighted by atomic mass is 35.5. The second-order valence-corrected chi connectivity index (χ2v) is 5.68. The molecule has 1 aromatic rings. The van der Waals surface area contributed by atoms with Crippen molar-refractivity contribution in [1.29, 1.82) is 0 Å². The molecule has 4 nitrogen and oxygen atoms in total. The standard InChI is InChI=1S/C14H17Cl2NO3/c1-2-17(13-8-20-7-10(13)14(18)19)6-9-3-4-11(15)12(16)5-9/h3-5,10,13H,2,6-8H2,1H3,(H,18,19). The van der Waals surface area contributed by atoms with Crippen LogP contribution in [0.25, 0.3) is 0 Å². The van der Waals surface area contributed by atoms with Crippen molar-refractivity contribution in [2.45, 2.75) is 19.5 Å². The number of likely N-dealkylation sites (N-methyl/N-ethyl adjacent to an activating group) is 1. The van der Waals surface area contributed by atoms with E-state index in [1.165, 1.54) is 0 Å². The first-order chi connectivity index (χ1) is 9.52. The molecule has 1 aliphatic rings. The summed E-state index contributed by atoms with van der Waals surface area (Å²) in [6.45, 7) is 4.11. The molecule has 0 aliphatic carbocycles. The maximum atomic E-state index is 11.2. The van der Waals surface area contributed by atoms with E-state index >= 15 is 0 Å². The van der Waals surface area contributed by atoms with Gasteiger partial charge in [0.05, 0.1) is 29.2 Å². The lowest BCUT2D eigenvalue weighted by Gasteiger charge is -2.29. The van der Waals surface area contributed by atoms with E-state index in [4.69, 9.17) is 27.9 Å². The molecule has 0 aromatic heterocycles. The van der Waals surface area contributed by atoms with Crippen LogP contribution in [0, 0.1) is 5.92 Å². The molecule has 1 fully saturated rings. The van der Waals surface area contributed by atoms with Gasteiger partial charge in [0, 0.05) is 12.6 Å². The lowest BCUT2D eigenvalue weighted by atomic mass is 10.0. The van der Waals surface area contributed by atoms with Crippen LogP contribution < -0.4 is 0 Å². The third-order valence-corrected chi connectivity index (χ3v) is 4.35. The van der Waals surface area contributed by atoms with E-state index in [1.807, 2.05) is 19.1 Å². The smallest absolute Gasteiger partial charge is 0.310 e. The summed E-state index contributed by atoms with van der Waals surface area (Å²) in [4.78, 5) is 13.3. The molecule has 6 heteroatoms. The number of hydrogen-bond acceptors (Lipinski definition) is 3. The molecule has 20 heavy (non-hydrogen) atoms. The first-order valence-electron chi connectivity index (χ1n) is 6.51. The highest BCUT2D eigenvalue weighted by molar-refractivity contribution is 6.42. The topological polar surface area (TPSA) is 49.8 Å². The second kappa shape index (κ2) is 6.76. The molecule has 0 bridgehead atoms. The van der Waals surface area contributed by atoms with Crippen LogP contribution in [0.3, 0.4) is 0 Å². The molecule has 2 atom stereocenters. The van der Waals surface area contributed by atoms with Gasteiger partial charge in [-0.15, -0.1) is 0 Å². The van der Waals surface area contributed by atoms with E-state index in [0.717, 1.165) is 12.1 Å². The van der Waals surface area contributed by atoms with Gasteiger partial charge in [0.25, 0.3) is 0 Å². The van der Waals surface area contributed by atoms with Crippen molar-refractivity contribution in [1.82, 2.24) is 4.90 Å². The van der Waals surface area contributed by atoms with E-state index in [0.29, 0.717) is 23.2 Å². The highest BCUT2D eigenvalue weighted by Crippen LogP contribution is 2.26. The summed E-state index contributed by atoms with van der Waals surface area (Å²) in [5, 5.41) is 10.3. The van der Waals surface area contributed by atoms with E-state index in [1.54, 1.807) is 6.07 Å². The van der Waals surface area contributed by atoms with Gasteiger partial charge in [0.2, 0.25) is 0 Å². The molecular formula is C14H17Cl2NO3. The highest BCUT2D eigenvalue weighted by Gasteiger charge is 2.37. The van der Waals surface area contributed by atoms with Crippen molar-refractivity contribution < 1.29 is 14.6 Å². The molecule has 2 rings (SSSR count). The van der Waals surface area contributed by atoms with Gasteiger partial charge in [-0.1, -0.05) is 36.2 Å². The third-order valence-electron chi connectivity index (χ3n) is 3.61. The molecule has 1 aliphatic heterocycles. The zero-order chi connectivity index (χ0) is 14.7. The summed E-state index contributed by atoms with van der Waals surface area (Å²) in [6, 6.07) is 5.37. The van der Waals surface area contributed by atoms with Gasteiger partial charge in [-0.3, -0.25) is 9.69 Å². The van der Waals surface area contributed by atoms with Crippen LogP contribution in [0.1, 0.15) is 12.5 Å². The second-order valence-electron chi connectivity index (χ2n) is 4.86. The SMILES string of the molecule is CCN(Cc1ccc(Cl)c(Cl)c1)C1COCC1C(=O)O. The normalized spacial score (nSPS) is 22.4. The Kier molecular flexibility index (Phi) is 5.27. The summed E-state index contributed by atoms with van der Waals surface area (Å²) >= 11 is 11.9. The van der Waals surface area contributed by atoms with E-state index < -0.39 is 11.9 Å². The van der Waals surface area contributed by atoms with Crippen molar-refractivity contribution in [2.75, 3.05) is 19.8 Å². The number of hydrogen-bond donors (Lipinski definition) is 1. The molecule has 0 radical (unpaired) electrons. The number of ether oxygens (including phenoxy) is 1. The molecular weight excluding hydrogens is 301 g/mol. The van der Waals surface area contributed by atoms with Gasteiger partial charge in [-0.25, -0.2) is 0 Å². The Balaban J connectivity index is 2.12. The number of carboxylic acid groups (broad SMARTS) is 1. The summed E-state index contributed by atoms with van der Waals surface area (Å²) < 4.78 is 5.32. The number of rotatable bonds is 5. The number of carbonyl (C=O) groups is 1. The predicted molar refractivity (Wildman–Crippen MR) is 78.3 cm³/mol. The van der Waals surface area contributed by atoms with Gasteiger partial charge in [-0.2, -0.15) is 0 Å². The van der Waals surface area contributed by atoms with Gasteiger partial charge < -0.3 is 9.84 Å². The van der Waals surface area contributed by atoms with Crippen molar-refractivity contribution in [3.63, 3.8) is 0 Å². The van der Waals surface area contributed by atoms with Crippen LogP contribution in [-0.2, 0) is 16.1 Å². The number of benzene rings is 1. The third kappa shape index (κ3) is 3.44. The average molecular weight is 318 g/mol. The van der Waals surface area contributed by atoms with Gasteiger partial charge in [0.15, 0.2) is 0 Å². The van der Waals surface area contributed by atoms with Crippen molar-refractivity contribution in [3.05, 3.63) is 33.8 Å². The molecule has 1 N–H and O–H groups in total. The summed E-state index contributed by atoms with van der Waals surface area (Å²) in [7, 11) is 0. The van der Waals surface area contributed by atoms with Crippen LogP contribution in [-0.4, -0.2) is 41.8 Å². The van der Waals surface area contributed by atoms with Crippen LogP contribution in [0.4, 0.5) is 0 Å². The van der Waals surface area contributed by atoms with Gasteiger partial charge >= 0.3 is 5.97 Å². The summed E-state index contributed by atoms with van der Waals surface area (Å²) in [5.41, 5.74) is 1.01. The number of nitrogens with zero attached hydrogens (tertiary/aromatic N) is 1. The lowest BCUT2D eigenvalue weighted by Crippen LogP contribution is -2.42. The zero-order valence-corrected chi connectivity index (χ0v) is 12.7. The van der Waals surface area contributed by atoms with Crippen LogP contribution in [0.5, 0.6) is 0 Å². The maximum Gasteiger partial charge on any atom is 0.310 e. The minimum Gasteiger partial charge on any atom is -0.481 e. The molecule has 0 spiro atoms. The molecule has 0 saturated carbocycles. The fraction of sp³-hybridized carbons (Fsp3) is 0.500. The monoisotopic (exact) mass is 317 g/mol. The first kappa shape index (κ1) is 15.6. The minimum absolute atomic E-state index is 0.105. The largest absolute Gasteiger partial charge is 0.481 e. The van der Waals surface area contributed by atoms with E-state index in [-0.39, 0.29) is 12.6 Å². The number of aliphatic carboxylic acids is 1.